The summed E-state index contributed by atoms with van der Waals surface area (Å²) in [5.41, 5.74) is 0. The van der Waals surface area contributed by atoms with E-state index in [2.05, 4.69) is 23.6 Å². The SMILES string of the molecule is CC[C@@H](C)CN1CCN(CCS(C)(=O)=O)CC1. The van der Waals surface area contributed by atoms with Crippen LogP contribution in [0.1, 0.15) is 20.3 Å². The first kappa shape index (κ1) is 14.9. The van der Waals surface area contributed by atoms with Crippen LogP contribution in [-0.2, 0) is 9.84 Å². The third kappa shape index (κ3) is 6.38. The lowest BCUT2D eigenvalue weighted by Gasteiger charge is -2.35. The lowest BCUT2D eigenvalue weighted by atomic mass is 10.1. The second-order valence-corrected chi connectivity index (χ2v) is 7.55. The van der Waals surface area contributed by atoms with E-state index in [4.69, 9.17) is 0 Å². The van der Waals surface area contributed by atoms with Gasteiger partial charge in [0.15, 0.2) is 0 Å². The van der Waals surface area contributed by atoms with Crippen LogP contribution in [-0.4, -0.2) is 69.5 Å². The van der Waals surface area contributed by atoms with E-state index in [1.165, 1.54) is 19.2 Å². The molecule has 0 aromatic carbocycles. The fraction of sp³-hybridized carbons (Fsp3) is 1.00. The highest BCUT2D eigenvalue weighted by Gasteiger charge is 2.18. The Kier molecular flexibility index (Phi) is 5.89. The highest BCUT2D eigenvalue weighted by atomic mass is 32.2. The van der Waals surface area contributed by atoms with E-state index in [1.54, 1.807) is 0 Å². The van der Waals surface area contributed by atoms with Crippen molar-refractivity contribution in [2.75, 3.05) is 51.3 Å². The summed E-state index contributed by atoms with van der Waals surface area (Å²) in [6.45, 7) is 10.6. The summed E-state index contributed by atoms with van der Waals surface area (Å²) >= 11 is 0. The van der Waals surface area contributed by atoms with Crippen molar-refractivity contribution in [3.63, 3.8) is 0 Å². The van der Waals surface area contributed by atoms with Gasteiger partial charge in [0.25, 0.3) is 0 Å². The van der Waals surface area contributed by atoms with Gasteiger partial charge >= 0.3 is 0 Å². The summed E-state index contributed by atoms with van der Waals surface area (Å²) in [5, 5.41) is 0. The molecule has 0 N–H and O–H groups in total. The van der Waals surface area contributed by atoms with Crippen LogP contribution in [0.4, 0.5) is 0 Å². The molecule has 0 saturated carbocycles. The molecule has 0 amide bonds. The number of piperazine rings is 1. The Hall–Kier alpha value is -0.130. The lowest BCUT2D eigenvalue weighted by molar-refractivity contribution is 0.124. The topological polar surface area (TPSA) is 40.6 Å². The second kappa shape index (κ2) is 6.71. The van der Waals surface area contributed by atoms with E-state index in [-0.39, 0.29) is 0 Å². The number of nitrogens with zero attached hydrogens (tertiary/aromatic N) is 2. The van der Waals surface area contributed by atoms with Crippen LogP contribution in [0.5, 0.6) is 0 Å². The molecule has 0 aliphatic carbocycles. The minimum atomic E-state index is -2.82. The highest BCUT2D eigenvalue weighted by molar-refractivity contribution is 7.90. The van der Waals surface area contributed by atoms with Crippen LogP contribution < -0.4 is 0 Å². The predicted molar refractivity (Wildman–Crippen MR) is 72.0 cm³/mol. The fourth-order valence-corrected chi connectivity index (χ4v) is 2.65. The van der Waals surface area contributed by atoms with E-state index in [0.717, 1.165) is 32.1 Å². The van der Waals surface area contributed by atoms with Crippen molar-refractivity contribution in [3.8, 4) is 0 Å². The highest BCUT2D eigenvalue weighted by Crippen LogP contribution is 2.08. The van der Waals surface area contributed by atoms with Gasteiger partial charge in [0.2, 0.25) is 0 Å². The second-order valence-electron chi connectivity index (χ2n) is 5.29. The van der Waals surface area contributed by atoms with Crippen LogP contribution in [0.2, 0.25) is 0 Å². The predicted octanol–water partition coefficient (Wildman–Crippen LogP) is 0.695. The summed E-state index contributed by atoms with van der Waals surface area (Å²) < 4.78 is 22.2. The third-order valence-electron chi connectivity index (χ3n) is 3.51. The Morgan fingerprint density at radius 1 is 1.12 bits per heavy atom. The minimum Gasteiger partial charge on any atom is -0.301 e. The molecule has 0 bridgehead atoms. The van der Waals surface area contributed by atoms with E-state index in [9.17, 15) is 8.42 Å². The fourth-order valence-electron chi connectivity index (χ4n) is 2.06. The van der Waals surface area contributed by atoms with E-state index >= 15 is 0 Å². The smallest absolute Gasteiger partial charge is 0.148 e. The summed E-state index contributed by atoms with van der Waals surface area (Å²) in [6.07, 6.45) is 2.54. The average molecular weight is 262 g/mol. The molecule has 1 aliphatic heterocycles. The van der Waals surface area contributed by atoms with Gasteiger partial charge in [-0.2, -0.15) is 0 Å². The van der Waals surface area contributed by atoms with Crippen LogP contribution in [0, 0.1) is 5.92 Å². The molecule has 0 spiro atoms. The number of sulfone groups is 1. The summed E-state index contributed by atoms with van der Waals surface area (Å²) in [4.78, 5) is 4.75. The summed E-state index contributed by atoms with van der Waals surface area (Å²) in [7, 11) is -2.82. The molecule has 4 nitrogen and oxygen atoms in total. The van der Waals surface area contributed by atoms with E-state index < -0.39 is 9.84 Å². The molecule has 17 heavy (non-hydrogen) atoms. The van der Waals surface area contributed by atoms with Gasteiger partial charge in [-0.15, -0.1) is 0 Å². The molecular formula is C12H26N2O2S. The van der Waals surface area contributed by atoms with Crippen LogP contribution in [0.3, 0.4) is 0 Å². The Labute approximate surface area is 106 Å². The van der Waals surface area contributed by atoms with Crippen LogP contribution >= 0.6 is 0 Å². The van der Waals surface area contributed by atoms with E-state index in [0.29, 0.717) is 12.3 Å². The van der Waals surface area contributed by atoms with Crippen LogP contribution in [0.15, 0.2) is 0 Å². The zero-order valence-corrected chi connectivity index (χ0v) is 12.2. The Bertz CT molecular complexity index is 308. The molecule has 1 saturated heterocycles. The molecule has 0 aromatic rings. The van der Waals surface area contributed by atoms with Crippen molar-refractivity contribution >= 4 is 9.84 Å². The number of hydrogen-bond donors (Lipinski definition) is 0. The molecule has 1 fully saturated rings. The third-order valence-corrected chi connectivity index (χ3v) is 4.43. The molecule has 1 atom stereocenters. The maximum Gasteiger partial charge on any atom is 0.148 e. The average Bonchev–Trinajstić information content (AvgIpc) is 2.27. The zero-order valence-electron chi connectivity index (χ0n) is 11.4. The molecule has 0 aromatic heterocycles. The lowest BCUT2D eigenvalue weighted by Crippen LogP contribution is -2.48. The molecular weight excluding hydrogens is 236 g/mol. The maximum absolute atomic E-state index is 11.1. The number of rotatable bonds is 6. The molecule has 5 heteroatoms. The first-order valence-corrected chi connectivity index (χ1v) is 8.59. The van der Waals surface area contributed by atoms with Gasteiger partial charge in [0.1, 0.15) is 9.84 Å². The van der Waals surface area contributed by atoms with E-state index in [1.807, 2.05) is 0 Å². The van der Waals surface area contributed by atoms with Gasteiger partial charge in [-0.25, -0.2) is 8.42 Å². The summed E-state index contributed by atoms with van der Waals surface area (Å²) in [5.74, 6) is 1.05. The quantitative estimate of drug-likeness (QED) is 0.706. The first-order valence-electron chi connectivity index (χ1n) is 6.53. The molecule has 1 aliphatic rings. The monoisotopic (exact) mass is 262 g/mol. The van der Waals surface area contributed by atoms with Crippen molar-refractivity contribution < 1.29 is 8.42 Å². The van der Waals surface area contributed by atoms with Gasteiger partial charge in [-0.1, -0.05) is 20.3 Å². The van der Waals surface area contributed by atoms with Gasteiger partial charge in [-0.05, 0) is 5.92 Å². The van der Waals surface area contributed by atoms with Crippen molar-refractivity contribution in [3.05, 3.63) is 0 Å². The van der Waals surface area contributed by atoms with Gasteiger partial charge < -0.3 is 4.90 Å². The minimum absolute atomic E-state index is 0.290. The van der Waals surface area contributed by atoms with Gasteiger partial charge in [-0.3, -0.25) is 4.90 Å². The van der Waals surface area contributed by atoms with Crippen molar-refractivity contribution in [1.29, 1.82) is 0 Å². The molecule has 1 heterocycles. The first-order chi connectivity index (χ1) is 7.90. The Balaban J connectivity index is 2.22. The largest absolute Gasteiger partial charge is 0.301 e. The van der Waals surface area contributed by atoms with Crippen molar-refractivity contribution in [2.24, 2.45) is 5.92 Å². The maximum atomic E-state index is 11.1. The summed E-state index contributed by atoms with van der Waals surface area (Å²) in [6, 6.07) is 0. The molecule has 0 unspecified atom stereocenters. The standard InChI is InChI=1S/C12H26N2O2S/c1-4-12(2)11-14-7-5-13(6-8-14)9-10-17(3,15)16/h12H,4-11H2,1-3H3/t12-/m1/s1. The zero-order chi connectivity index (χ0) is 12.9. The Morgan fingerprint density at radius 2 is 1.65 bits per heavy atom. The Morgan fingerprint density at radius 3 is 2.12 bits per heavy atom. The number of hydrogen-bond acceptors (Lipinski definition) is 4. The van der Waals surface area contributed by atoms with Gasteiger partial charge in [0, 0.05) is 45.5 Å². The van der Waals surface area contributed by atoms with Crippen LogP contribution in [0.25, 0.3) is 0 Å². The van der Waals surface area contributed by atoms with Gasteiger partial charge in [0.05, 0.1) is 5.75 Å². The molecule has 0 radical (unpaired) electrons. The molecule has 102 valence electrons. The normalized spacial score (nSPS) is 21.6. The molecule has 1 rings (SSSR count). The van der Waals surface area contributed by atoms with Crippen molar-refractivity contribution in [1.82, 2.24) is 9.80 Å². The van der Waals surface area contributed by atoms with Crippen molar-refractivity contribution in [2.45, 2.75) is 20.3 Å².